The lowest BCUT2D eigenvalue weighted by molar-refractivity contribution is -0.136. The molecule has 3 N–H and O–H groups in total. The summed E-state index contributed by atoms with van der Waals surface area (Å²) in [4.78, 5) is 26.2. The number of amides is 2. The van der Waals surface area contributed by atoms with Gasteiger partial charge in [0.1, 0.15) is 6.54 Å². The summed E-state index contributed by atoms with van der Waals surface area (Å²) in [6.07, 6.45) is 3.60. The number of benzene rings is 1. The molecule has 0 aliphatic carbocycles. The third kappa shape index (κ3) is 6.06. The second-order valence-corrected chi connectivity index (χ2v) is 6.21. The summed E-state index contributed by atoms with van der Waals surface area (Å²) >= 11 is 0. The minimum absolute atomic E-state index is 0. The van der Waals surface area contributed by atoms with Crippen molar-refractivity contribution in [2.75, 3.05) is 31.6 Å². The molecule has 2 aromatic rings. The van der Waals surface area contributed by atoms with Gasteiger partial charge in [-0.2, -0.15) is 5.10 Å². The molecule has 1 aromatic heterocycles. The topological polar surface area (TPSA) is 102 Å². The molecule has 9 heteroatoms. The highest BCUT2D eigenvalue weighted by Gasteiger charge is 2.18. The van der Waals surface area contributed by atoms with Gasteiger partial charge in [-0.3, -0.25) is 14.3 Å². The first-order valence-electron chi connectivity index (χ1n) is 8.60. The number of ether oxygens (including phenoxy) is 1. The van der Waals surface area contributed by atoms with Crippen molar-refractivity contribution in [3.8, 4) is 0 Å². The van der Waals surface area contributed by atoms with E-state index in [1.807, 2.05) is 30.3 Å². The standard InChI is InChI=1S/C18H23N5O3.ClH/c19-16(10-14-4-2-1-3-5-14)18(25)21-15-11-20-23(12-15)13-17(24)22-6-8-26-9-7-22;/h1-5,11-12,16H,6-10,13,19H2,(H,21,25);1H/t16-;/m0./s1. The first kappa shape index (κ1) is 20.9. The molecule has 27 heavy (non-hydrogen) atoms. The maximum atomic E-state index is 12.2. The van der Waals surface area contributed by atoms with Gasteiger partial charge in [-0.05, 0) is 12.0 Å². The van der Waals surface area contributed by atoms with Crippen LogP contribution in [0.3, 0.4) is 0 Å². The lowest BCUT2D eigenvalue weighted by Crippen LogP contribution is -2.42. The predicted octanol–water partition coefficient (Wildman–Crippen LogP) is 0.672. The Bertz CT molecular complexity index is 746. The number of carbonyl (C=O) groups excluding carboxylic acids is 2. The normalized spacial score (nSPS) is 14.9. The van der Waals surface area contributed by atoms with Crippen molar-refractivity contribution in [2.24, 2.45) is 5.73 Å². The van der Waals surface area contributed by atoms with Crippen molar-refractivity contribution in [1.29, 1.82) is 0 Å². The Morgan fingerprint density at radius 3 is 2.63 bits per heavy atom. The molecule has 2 heterocycles. The smallest absolute Gasteiger partial charge is 0.244 e. The molecule has 0 unspecified atom stereocenters. The van der Waals surface area contributed by atoms with E-state index in [1.54, 1.807) is 11.1 Å². The van der Waals surface area contributed by atoms with Gasteiger partial charge in [-0.1, -0.05) is 30.3 Å². The molecule has 0 spiro atoms. The number of nitrogens with two attached hydrogens (primary N) is 1. The SMILES string of the molecule is Cl.N[C@@H](Cc1ccccc1)C(=O)Nc1cnn(CC(=O)N2CCOCC2)c1. The Labute approximate surface area is 164 Å². The van der Waals surface area contributed by atoms with Crippen molar-refractivity contribution >= 4 is 29.9 Å². The molecule has 146 valence electrons. The molecule has 2 amide bonds. The van der Waals surface area contributed by atoms with Gasteiger partial charge < -0.3 is 20.7 Å². The number of carbonyl (C=O) groups is 2. The van der Waals surface area contributed by atoms with Gasteiger partial charge in [0, 0.05) is 19.3 Å². The number of rotatable bonds is 6. The lowest BCUT2D eigenvalue weighted by atomic mass is 10.1. The van der Waals surface area contributed by atoms with Gasteiger partial charge in [-0.15, -0.1) is 12.4 Å². The van der Waals surface area contributed by atoms with E-state index in [2.05, 4.69) is 10.4 Å². The van der Waals surface area contributed by atoms with Crippen LogP contribution < -0.4 is 11.1 Å². The van der Waals surface area contributed by atoms with Crippen molar-refractivity contribution in [2.45, 2.75) is 19.0 Å². The zero-order chi connectivity index (χ0) is 18.4. The number of aromatic nitrogens is 2. The molecule has 1 saturated heterocycles. The number of morpholine rings is 1. The number of hydrogen-bond acceptors (Lipinski definition) is 5. The number of anilines is 1. The molecule has 3 rings (SSSR count). The van der Waals surface area contributed by atoms with E-state index in [0.717, 1.165) is 5.56 Å². The summed E-state index contributed by atoms with van der Waals surface area (Å²) in [6.45, 7) is 2.44. The van der Waals surface area contributed by atoms with Gasteiger partial charge >= 0.3 is 0 Å². The summed E-state index contributed by atoms with van der Waals surface area (Å²) in [5, 5.41) is 6.87. The van der Waals surface area contributed by atoms with Crippen LogP contribution in [-0.4, -0.2) is 58.8 Å². The van der Waals surface area contributed by atoms with E-state index in [-0.39, 0.29) is 30.8 Å². The maximum absolute atomic E-state index is 12.2. The Balaban J connectivity index is 0.00000261. The van der Waals surface area contributed by atoms with Crippen LogP contribution in [0.5, 0.6) is 0 Å². The number of nitrogens with zero attached hydrogens (tertiary/aromatic N) is 3. The fourth-order valence-corrected chi connectivity index (χ4v) is 2.76. The van der Waals surface area contributed by atoms with Crippen LogP contribution in [-0.2, 0) is 27.3 Å². The van der Waals surface area contributed by atoms with Gasteiger partial charge in [0.25, 0.3) is 0 Å². The average Bonchev–Trinajstić information content (AvgIpc) is 3.10. The molecule has 0 bridgehead atoms. The van der Waals surface area contributed by atoms with E-state index >= 15 is 0 Å². The molecule has 0 saturated carbocycles. The van der Waals surface area contributed by atoms with Crippen LogP contribution in [0.2, 0.25) is 0 Å². The van der Waals surface area contributed by atoms with Crippen LogP contribution in [0.1, 0.15) is 5.56 Å². The monoisotopic (exact) mass is 393 g/mol. The zero-order valence-corrected chi connectivity index (χ0v) is 15.7. The molecule has 1 fully saturated rings. The summed E-state index contributed by atoms with van der Waals surface area (Å²) in [5.74, 6) is -0.303. The Hall–Kier alpha value is -2.42. The van der Waals surface area contributed by atoms with Gasteiger partial charge in [0.2, 0.25) is 11.8 Å². The predicted molar refractivity (Wildman–Crippen MR) is 104 cm³/mol. The Morgan fingerprint density at radius 1 is 1.22 bits per heavy atom. The second-order valence-electron chi connectivity index (χ2n) is 6.21. The zero-order valence-electron chi connectivity index (χ0n) is 14.9. The molecule has 1 aliphatic heterocycles. The molecule has 8 nitrogen and oxygen atoms in total. The third-order valence-electron chi connectivity index (χ3n) is 4.20. The van der Waals surface area contributed by atoms with Crippen LogP contribution in [0.25, 0.3) is 0 Å². The van der Waals surface area contributed by atoms with E-state index in [1.165, 1.54) is 10.9 Å². The number of nitrogens with one attached hydrogen (secondary N) is 1. The first-order valence-corrected chi connectivity index (χ1v) is 8.60. The maximum Gasteiger partial charge on any atom is 0.244 e. The molecule has 1 atom stereocenters. The summed E-state index contributed by atoms with van der Waals surface area (Å²) in [7, 11) is 0. The summed E-state index contributed by atoms with van der Waals surface area (Å²) in [6, 6.07) is 8.95. The van der Waals surface area contributed by atoms with Crippen molar-refractivity contribution < 1.29 is 14.3 Å². The molecule has 1 aliphatic rings. The largest absolute Gasteiger partial charge is 0.378 e. The van der Waals surface area contributed by atoms with E-state index in [0.29, 0.717) is 38.4 Å². The van der Waals surface area contributed by atoms with Crippen molar-refractivity contribution in [3.63, 3.8) is 0 Å². The molecular weight excluding hydrogens is 370 g/mol. The molecule has 0 radical (unpaired) electrons. The van der Waals surface area contributed by atoms with Crippen LogP contribution >= 0.6 is 12.4 Å². The molecule has 1 aromatic carbocycles. The Kier molecular flexibility index (Phi) is 7.78. The first-order chi connectivity index (χ1) is 12.6. The van der Waals surface area contributed by atoms with Crippen molar-refractivity contribution in [1.82, 2.24) is 14.7 Å². The summed E-state index contributed by atoms with van der Waals surface area (Å²) < 4.78 is 6.75. The van der Waals surface area contributed by atoms with Crippen LogP contribution in [0.4, 0.5) is 5.69 Å². The van der Waals surface area contributed by atoms with E-state index in [4.69, 9.17) is 10.5 Å². The fourth-order valence-electron chi connectivity index (χ4n) is 2.76. The Morgan fingerprint density at radius 2 is 1.93 bits per heavy atom. The van der Waals surface area contributed by atoms with Crippen LogP contribution in [0, 0.1) is 0 Å². The second kappa shape index (κ2) is 10.1. The number of halogens is 1. The van der Waals surface area contributed by atoms with Gasteiger partial charge in [-0.25, -0.2) is 0 Å². The van der Waals surface area contributed by atoms with E-state index in [9.17, 15) is 9.59 Å². The lowest BCUT2D eigenvalue weighted by Gasteiger charge is -2.26. The fraction of sp³-hybridized carbons (Fsp3) is 0.389. The van der Waals surface area contributed by atoms with Gasteiger partial charge in [0.15, 0.2) is 0 Å². The minimum Gasteiger partial charge on any atom is -0.378 e. The van der Waals surface area contributed by atoms with Crippen molar-refractivity contribution in [3.05, 3.63) is 48.3 Å². The average molecular weight is 394 g/mol. The van der Waals surface area contributed by atoms with E-state index < -0.39 is 6.04 Å². The highest BCUT2D eigenvalue weighted by atomic mass is 35.5. The minimum atomic E-state index is -0.657. The van der Waals surface area contributed by atoms with Gasteiger partial charge in [0.05, 0.1) is 31.1 Å². The third-order valence-corrected chi connectivity index (χ3v) is 4.20. The highest BCUT2D eigenvalue weighted by molar-refractivity contribution is 5.94. The quantitative estimate of drug-likeness (QED) is 0.751. The highest BCUT2D eigenvalue weighted by Crippen LogP contribution is 2.08. The number of hydrogen-bond donors (Lipinski definition) is 2. The molecular formula is C18H24ClN5O3. The summed E-state index contributed by atoms with van der Waals surface area (Å²) in [5.41, 5.74) is 7.49. The van der Waals surface area contributed by atoms with Crippen LogP contribution in [0.15, 0.2) is 42.7 Å².